The van der Waals surface area contributed by atoms with Gasteiger partial charge in [-0.3, -0.25) is 4.79 Å². The zero-order chi connectivity index (χ0) is 13.1. The van der Waals surface area contributed by atoms with Crippen LogP contribution in [0.15, 0.2) is 29.2 Å². The van der Waals surface area contributed by atoms with Crippen molar-refractivity contribution in [2.45, 2.75) is 23.5 Å². The molecule has 94 valence electrons. The van der Waals surface area contributed by atoms with Crippen molar-refractivity contribution in [2.75, 3.05) is 7.11 Å². The molecule has 0 bridgehead atoms. The third kappa shape index (κ3) is 3.26. The predicted octanol–water partition coefficient (Wildman–Crippen LogP) is 1.55. The van der Waals surface area contributed by atoms with Crippen LogP contribution in [0.25, 0.3) is 0 Å². The molecule has 1 atom stereocenters. The van der Waals surface area contributed by atoms with Gasteiger partial charge in [-0.1, -0.05) is 0 Å². The highest BCUT2D eigenvalue weighted by atomic mass is 32.2. The maximum Gasteiger partial charge on any atom is 0.306 e. The van der Waals surface area contributed by atoms with E-state index in [0.29, 0.717) is 0 Å². The van der Waals surface area contributed by atoms with Crippen LogP contribution in [0.3, 0.4) is 0 Å². The van der Waals surface area contributed by atoms with Crippen LogP contribution in [-0.2, 0) is 19.4 Å². The summed E-state index contributed by atoms with van der Waals surface area (Å²) in [5, 5.41) is -0.902. The molecule has 0 fully saturated rings. The molecule has 1 unspecified atom stereocenters. The van der Waals surface area contributed by atoms with Crippen LogP contribution in [0.4, 0.5) is 4.39 Å². The first-order chi connectivity index (χ1) is 7.87. The van der Waals surface area contributed by atoms with Crippen LogP contribution in [0.1, 0.15) is 13.3 Å². The summed E-state index contributed by atoms with van der Waals surface area (Å²) in [7, 11) is -2.43. The zero-order valence-electron chi connectivity index (χ0n) is 9.51. The molecule has 4 nitrogen and oxygen atoms in total. The monoisotopic (exact) mass is 260 g/mol. The molecule has 0 spiro atoms. The van der Waals surface area contributed by atoms with E-state index in [4.69, 9.17) is 0 Å². The van der Waals surface area contributed by atoms with Gasteiger partial charge in [0.05, 0.1) is 23.7 Å². The van der Waals surface area contributed by atoms with Gasteiger partial charge in [0.25, 0.3) is 0 Å². The van der Waals surface area contributed by atoms with E-state index in [1.165, 1.54) is 26.2 Å². The largest absolute Gasteiger partial charge is 0.469 e. The molecule has 1 aromatic carbocycles. The smallest absolute Gasteiger partial charge is 0.306 e. The number of sulfone groups is 1. The molecule has 0 aliphatic carbocycles. The molecular weight excluding hydrogens is 247 g/mol. The number of methoxy groups -OCH3 is 1. The van der Waals surface area contributed by atoms with Crippen molar-refractivity contribution in [2.24, 2.45) is 0 Å². The van der Waals surface area contributed by atoms with E-state index in [1.807, 2.05) is 0 Å². The normalized spacial score (nSPS) is 13.1. The lowest BCUT2D eigenvalue weighted by molar-refractivity contribution is -0.140. The van der Waals surface area contributed by atoms with Crippen molar-refractivity contribution in [3.8, 4) is 0 Å². The van der Waals surface area contributed by atoms with Crippen LogP contribution < -0.4 is 0 Å². The number of carbonyl (C=O) groups excluding carboxylic acids is 1. The fourth-order valence-corrected chi connectivity index (χ4v) is 2.62. The molecule has 0 saturated carbocycles. The minimum Gasteiger partial charge on any atom is -0.469 e. The Labute approximate surface area is 99.3 Å². The number of ether oxygens (including phenoxy) is 1. The number of hydrogen-bond donors (Lipinski definition) is 0. The van der Waals surface area contributed by atoms with Gasteiger partial charge in [0.2, 0.25) is 0 Å². The van der Waals surface area contributed by atoms with E-state index in [9.17, 15) is 17.6 Å². The lowest BCUT2D eigenvalue weighted by atomic mass is 10.3. The van der Waals surface area contributed by atoms with E-state index < -0.39 is 26.9 Å². The quantitative estimate of drug-likeness (QED) is 0.608. The second-order valence-corrected chi connectivity index (χ2v) is 5.96. The standard InChI is InChI=1S/C11H13FO4S/c1-8(7-11(13)16-2)17(14,15)10-5-3-9(12)4-6-10/h3-6,8H,7H2,1-2H3. The Morgan fingerprint density at radius 2 is 1.88 bits per heavy atom. The highest BCUT2D eigenvalue weighted by Gasteiger charge is 2.25. The van der Waals surface area contributed by atoms with Crippen LogP contribution in [0.2, 0.25) is 0 Å². The van der Waals surface area contributed by atoms with Crippen LogP contribution in [-0.4, -0.2) is 26.7 Å². The van der Waals surface area contributed by atoms with E-state index in [1.54, 1.807) is 0 Å². The molecule has 0 saturated heterocycles. The van der Waals surface area contributed by atoms with Gasteiger partial charge in [0, 0.05) is 0 Å². The first kappa shape index (κ1) is 13.6. The highest BCUT2D eigenvalue weighted by Crippen LogP contribution is 2.18. The zero-order valence-corrected chi connectivity index (χ0v) is 10.3. The topological polar surface area (TPSA) is 60.4 Å². The molecule has 6 heteroatoms. The molecule has 17 heavy (non-hydrogen) atoms. The summed E-state index contributed by atoms with van der Waals surface area (Å²) in [6.45, 7) is 1.41. The molecule has 0 aliphatic heterocycles. The Morgan fingerprint density at radius 3 is 2.35 bits per heavy atom. The van der Waals surface area contributed by atoms with Crippen molar-refractivity contribution >= 4 is 15.8 Å². The van der Waals surface area contributed by atoms with Gasteiger partial charge < -0.3 is 4.74 Å². The first-order valence-electron chi connectivity index (χ1n) is 4.94. The van der Waals surface area contributed by atoms with Crippen LogP contribution >= 0.6 is 0 Å². The second kappa shape index (κ2) is 5.27. The van der Waals surface area contributed by atoms with Gasteiger partial charge in [0.15, 0.2) is 9.84 Å². The summed E-state index contributed by atoms with van der Waals surface area (Å²) in [5.74, 6) is -1.10. The Morgan fingerprint density at radius 1 is 1.35 bits per heavy atom. The van der Waals surface area contributed by atoms with E-state index >= 15 is 0 Å². The highest BCUT2D eigenvalue weighted by molar-refractivity contribution is 7.92. The molecule has 0 radical (unpaired) electrons. The molecular formula is C11H13FO4S. The fourth-order valence-electron chi connectivity index (χ4n) is 1.28. The van der Waals surface area contributed by atoms with Crippen molar-refractivity contribution in [3.63, 3.8) is 0 Å². The lowest BCUT2D eigenvalue weighted by Crippen LogP contribution is -2.22. The van der Waals surface area contributed by atoms with Gasteiger partial charge in [-0.2, -0.15) is 0 Å². The van der Waals surface area contributed by atoms with Gasteiger partial charge in [0.1, 0.15) is 5.82 Å². The summed E-state index contributed by atoms with van der Waals surface area (Å²) < 4.78 is 41.0. The number of halogens is 1. The molecule has 1 rings (SSSR count). The number of benzene rings is 1. The number of carbonyl (C=O) groups is 1. The maximum absolute atomic E-state index is 12.7. The molecule has 0 aliphatic rings. The second-order valence-electron chi connectivity index (χ2n) is 3.59. The fraction of sp³-hybridized carbons (Fsp3) is 0.364. The van der Waals surface area contributed by atoms with Crippen LogP contribution in [0, 0.1) is 5.82 Å². The molecule has 0 heterocycles. The van der Waals surface area contributed by atoms with Crippen molar-refractivity contribution in [3.05, 3.63) is 30.1 Å². The third-order valence-electron chi connectivity index (χ3n) is 2.35. The minimum atomic E-state index is -3.63. The summed E-state index contributed by atoms with van der Waals surface area (Å²) in [6, 6.07) is 4.49. The first-order valence-corrected chi connectivity index (χ1v) is 6.49. The van der Waals surface area contributed by atoms with Crippen molar-refractivity contribution < 1.29 is 22.3 Å². The van der Waals surface area contributed by atoms with E-state index in [-0.39, 0.29) is 11.3 Å². The number of rotatable bonds is 4. The maximum atomic E-state index is 12.7. The average molecular weight is 260 g/mol. The van der Waals surface area contributed by atoms with Gasteiger partial charge in [-0.05, 0) is 31.2 Å². The predicted molar refractivity (Wildman–Crippen MR) is 59.7 cm³/mol. The van der Waals surface area contributed by atoms with E-state index in [2.05, 4.69) is 4.74 Å². The van der Waals surface area contributed by atoms with Gasteiger partial charge in [-0.25, -0.2) is 12.8 Å². The molecule has 0 amide bonds. The number of hydrogen-bond acceptors (Lipinski definition) is 4. The lowest BCUT2D eigenvalue weighted by Gasteiger charge is -2.11. The Kier molecular flexibility index (Phi) is 4.22. The third-order valence-corrected chi connectivity index (χ3v) is 4.51. The Hall–Kier alpha value is -1.43. The van der Waals surface area contributed by atoms with Gasteiger partial charge in [-0.15, -0.1) is 0 Å². The summed E-state index contributed by atoms with van der Waals surface area (Å²) in [4.78, 5) is 11.0. The minimum absolute atomic E-state index is 0.00435. The molecule has 0 aromatic heterocycles. The SMILES string of the molecule is COC(=O)CC(C)S(=O)(=O)c1ccc(F)cc1. The van der Waals surface area contributed by atoms with E-state index in [0.717, 1.165) is 12.1 Å². The molecule has 1 aromatic rings. The Bertz CT molecular complexity index is 493. The van der Waals surface area contributed by atoms with Crippen molar-refractivity contribution in [1.29, 1.82) is 0 Å². The van der Waals surface area contributed by atoms with Crippen LogP contribution in [0.5, 0.6) is 0 Å². The summed E-state index contributed by atoms with van der Waals surface area (Å²) in [6.07, 6.45) is -0.226. The summed E-state index contributed by atoms with van der Waals surface area (Å²) >= 11 is 0. The summed E-state index contributed by atoms with van der Waals surface area (Å²) in [5.41, 5.74) is 0. The average Bonchev–Trinajstić information content (AvgIpc) is 2.29. The molecule has 0 N–H and O–H groups in total. The van der Waals surface area contributed by atoms with Gasteiger partial charge >= 0.3 is 5.97 Å². The van der Waals surface area contributed by atoms with Crippen molar-refractivity contribution in [1.82, 2.24) is 0 Å². The number of esters is 1. The Balaban J connectivity index is 2.95.